The summed E-state index contributed by atoms with van der Waals surface area (Å²) < 4.78 is 0. The smallest absolute Gasteiger partial charge is 0.221 e. The molecule has 0 aliphatic rings. The fourth-order valence-corrected chi connectivity index (χ4v) is 1.77. The summed E-state index contributed by atoms with van der Waals surface area (Å²) in [5.41, 5.74) is 0. The van der Waals surface area contributed by atoms with E-state index in [1.807, 2.05) is 0 Å². The number of carbonyl (C=O) groups is 1. The van der Waals surface area contributed by atoms with E-state index in [0.717, 1.165) is 18.2 Å². The van der Waals surface area contributed by atoms with Crippen molar-refractivity contribution in [2.75, 3.05) is 5.33 Å². The second kappa shape index (κ2) is 10.5. The van der Waals surface area contributed by atoms with Crippen molar-refractivity contribution in [1.29, 1.82) is 0 Å². The maximum atomic E-state index is 10.4. The van der Waals surface area contributed by atoms with Crippen LogP contribution in [0.15, 0.2) is 0 Å². The Morgan fingerprint density at radius 1 is 0.923 bits per heavy atom. The van der Waals surface area contributed by atoms with Crippen LogP contribution in [0.4, 0.5) is 0 Å². The molecule has 0 aromatic rings. The van der Waals surface area contributed by atoms with E-state index in [1.165, 1.54) is 32.1 Å². The van der Waals surface area contributed by atoms with E-state index in [-0.39, 0.29) is 5.24 Å². The van der Waals surface area contributed by atoms with E-state index in [2.05, 4.69) is 15.9 Å². The summed E-state index contributed by atoms with van der Waals surface area (Å²) in [6.45, 7) is 0. The van der Waals surface area contributed by atoms with E-state index >= 15 is 0 Å². The molecule has 0 spiro atoms. The molecule has 0 unspecified atom stereocenters. The summed E-state index contributed by atoms with van der Waals surface area (Å²) in [4.78, 5) is 10.4. The number of carbonyl (C=O) groups excluding carboxylic acids is 1. The highest BCUT2D eigenvalue weighted by molar-refractivity contribution is 9.09. The predicted octanol–water partition coefficient (Wildman–Crippen LogP) is 4.27. The lowest BCUT2D eigenvalue weighted by molar-refractivity contribution is -0.111. The number of hydrogen-bond donors (Lipinski definition) is 0. The van der Waals surface area contributed by atoms with Crippen LogP contribution in [0.1, 0.15) is 51.4 Å². The zero-order valence-corrected chi connectivity index (χ0v) is 10.4. The minimum absolute atomic E-state index is 0.195. The first-order chi connectivity index (χ1) is 6.27. The highest BCUT2D eigenvalue weighted by Gasteiger charge is 1.95. The number of rotatable bonds is 9. The molecule has 1 nitrogen and oxygen atoms in total. The molecule has 0 saturated carbocycles. The summed E-state index contributed by atoms with van der Waals surface area (Å²) in [5, 5.41) is 0.924. The predicted molar refractivity (Wildman–Crippen MR) is 61.6 cm³/mol. The Morgan fingerprint density at radius 2 is 1.38 bits per heavy atom. The summed E-state index contributed by atoms with van der Waals surface area (Å²) in [6, 6.07) is 0. The van der Waals surface area contributed by atoms with Crippen LogP contribution in [0.25, 0.3) is 0 Å². The van der Waals surface area contributed by atoms with Gasteiger partial charge in [-0.15, -0.1) is 0 Å². The minimum atomic E-state index is -0.195. The maximum Gasteiger partial charge on any atom is 0.221 e. The van der Waals surface area contributed by atoms with Gasteiger partial charge in [0.1, 0.15) is 0 Å². The largest absolute Gasteiger partial charge is 0.281 e. The molecule has 0 rings (SSSR count). The SMILES string of the molecule is O=C(Cl)CCCCCCCCCBr. The fraction of sp³-hybridized carbons (Fsp3) is 0.900. The van der Waals surface area contributed by atoms with Crippen molar-refractivity contribution in [2.24, 2.45) is 0 Å². The molecule has 0 heterocycles. The summed E-state index contributed by atoms with van der Waals surface area (Å²) in [7, 11) is 0. The molecule has 78 valence electrons. The van der Waals surface area contributed by atoms with E-state index in [1.54, 1.807) is 0 Å². The molecule has 0 fully saturated rings. The Bertz CT molecular complexity index is 128. The van der Waals surface area contributed by atoms with Gasteiger partial charge in [0, 0.05) is 11.8 Å². The lowest BCUT2D eigenvalue weighted by atomic mass is 10.1. The minimum Gasteiger partial charge on any atom is -0.281 e. The van der Waals surface area contributed by atoms with Gasteiger partial charge >= 0.3 is 0 Å². The van der Waals surface area contributed by atoms with Gasteiger partial charge in [-0.05, 0) is 24.4 Å². The third-order valence-electron chi connectivity index (χ3n) is 2.01. The van der Waals surface area contributed by atoms with Gasteiger partial charge in [-0.1, -0.05) is 48.0 Å². The van der Waals surface area contributed by atoms with Crippen LogP contribution < -0.4 is 0 Å². The van der Waals surface area contributed by atoms with Crippen LogP contribution in [-0.4, -0.2) is 10.6 Å². The topological polar surface area (TPSA) is 17.1 Å². The van der Waals surface area contributed by atoms with E-state index in [0.29, 0.717) is 6.42 Å². The van der Waals surface area contributed by atoms with E-state index in [4.69, 9.17) is 11.6 Å². The highest BCUT2D eigenvalue weighted by Crippen LogP contribution is 2.09. The van der Waals surface area contributed by atoms with Crippen molar-refractivity contribution >= 4 is 32.8 Å². The van der Waals surface area contributed by atoms with Gasteiger partial charge < -0.3 is 0 Å². The average Bonchev–Trinajstić information content (AvgIpc) is 2.09. The van der Waals surface area contributed by atoms with Gasteiger partial charge in [-0.2, -0.15) is 0 Å². The van der Waals surface area contributed by atoms with Crippen molar-refractivity contribution in [3.05, 3.63) is 0 Å². The van der Waals surface area contributed by atoms with Crippen LogP contribution in [0.2, 0.25) is 0 Å². The standard InChI is InChI=1S/C10H18BrClO/c11-9-7-5-3-1-2-4-6-8-10(12)13/h1-9H2. The molecule has 13 heavy (non-hydrogen) atoms. The lowest BCUT2D eigenvalue weighted by Crippen LogP contribution is -1.86. The maximum absolute atomic E-state index is 10.4. The van der Waals surface area contributed by atoms with Crippen molar-refractivity contribution in [2.45, 2.75) is 51.4 Å². The Labute approximate surface area is 94.4 Å². The molecule has 3 heteroatoms. The average molecular weight is 270 g/mol. The zero-order chi connectivity index (χ0) is 9.94. The van der Waals surface area contributed by atoms with Crippen LogP contribution in [-0.2, 0) is 4.79 Å². The van der Waals surface area contributed by atoms with Gasteiger partial charge in [0.2, 0.25) is 5.24 Å². The quantitative estimate of drug-likeness (QED) is 0.347. The van der Waals surface area contributed by atoms with Gasteiger partial charge in [-0.25, -0.2) is 0 Å². The number of halogens is 2. The van der Waals surface area contributed by atoms with Crippen molar-refractivity contribution < 1.29 is 4.79 Å². The lowest BCUT2D eigenvalue weighted by Gasteiger charge is -1.99. The molecule has 0 aliphatic carbocycles. The fourth-order valence-electron chi connectivity index (χ4n) is 1.24. The third-order valence-corrected chi connectivity index (χ3v) is 2.76. The van der Waals surface area contributed by atoms with Crippen molar-refractivity contribution in [1.82, 2.24) is 0 Å². The summed E-state index contributed by atoms with van der Waals surface area (Å²) in [5.74, 6) is 0. The molecular formula is C10H18BrClO. The Kier molecular flexibility index (Phi) is 10.9. The molecule has 0 aliphatic heterocycles. The van der Waals surface area contributed by atoms with Gasteiger partial charge in [-0.3, -0.25) is 4.79 Å². The molecule has 0 bridgehead atoms. The second-order valence-electron chi connectivity index (χ2n) is 3.27. The molecule has 0 saturated heterocycles. The van der Waals surface area contributed by atoms with Crippen molar-refractivity contribution in [3.8, 4) is 0 Å². The zero-order valence-electron chi connectivity index (χ0n) is 8.03. The normalized spacial score (nSPS) is 10.3. The summed E-state index contributed by atoms with van der Waals surface area (Å²) in [6.07, 6.45) is 9.10. The first-order valence-electron chi connectivity index (χ1n) is 5.01. The van der Waals surface area contributed by atoms with Crippen LogP contribution in [0.5, 0.6) is 0 Å². The Morgan fingerprint density at radius 3 is 1.85 bits per heavy atom. The number of unbranched alkanes of at least 4 members (excludes halogenated alkanes) is 6. The van der Waals surface area contributed by atoms with Gasteiger partial charge in [0.05, 0.1) is 0 Å². The van der Waals surface area contributed by atoms with Gasteiger partial charge in [0.25, 0.3) is 0 Å². The second-order valence-corrected chi connectivity index (χ2v) is 4.48. The number of alkyl halides is 1. The molecular weight excluding hydrogens is 251 g/mol. The monoisotopic (exact) mass is 268 g/mol. The van der Waals surface area contributed by atoms with Crippen LogP contribution >= 0.6 is 27.5 Å². The first kappa shape index (κ1) is 13.4. The molecule has 0 amide bonds. The van der Waals surface area contributed by atoms with Crippen LogP contribution in [0.3, 0.4) is 0 Å². The van der Waals surface area contributed by atoms with Gasteiger partial charge in [0.15, 0.2) is 0 Å². The summed E-state index contributed by atoms with van der Waals surface area (Å²) >= 11 is 8.62. The Hall–Kier alpha value is 0.440. The van der Waals surface area contributed by atoms with Crippen LogP contribution in [0, 0.1) is 0 Å². The first-order valence-corrected chi connectivity index (χ1v) is 6.51. The Balaban J connectivity index is 2.87. The molecule has 0 aromatic heterocycles. The van der Waals surface area contributed by atoms with Crippen molar-refractivity contribution in [3.63, 3.8) is 0 Å². The highest BCUT2D eigenvalue weighted by atomic mass is 79.9. The van der Waals surface area contributed by atoms with E-state index in [9.17, 15) is 4.79 Å². The third kappa shape index (κ3) is 12.4. The molecule has 0 radical (unpaired) electrons. The molecule has 0 aromatic carbocycles. The molecule has 0 N–H and O–H groups in total. The molecule has 0 atom stereocenters. The number of hydrogen-bond acceptors (Lipinski definition) is 1. The van der Waals surface area contributed by atoms with E-state index < -0.39 is 0 Å².